The first-order valence-electron chi connectivity index (χ1n) is 10.1. The number of nitrogens with one attached hydrogen (secondary N) is 2. The number of anilines is 1. The quantitative estimate of drug-likeness (QED) is 0.685. The fraction of sp³-hybridized carbons (Fsp3) is 0.364. The first kappa shape index (κ1) is 23.1. The second kappa shape index (κ2) is 9.70. The molecule has 0 unspecified atom stereocenters. The van der Waals surface area contributed by atoms with Crippen LogP contribution in [0.3, 0.4) is 0 Å². The molecular weight excluding hydrogens is 438 g/mol. The Labute approximate surface area is 187 Å². The van der Waals surface area contributed by atoms with E-state index in [1.165, 1.54) is 24.3 Å². The Balaban J connectivity index is 1.68. The molecular formula is C22H26ClN3O4S. The molecule has 0 aliphatic carbocycles. The van der Waals surface area contributed by atoms with Crippen molar-refractivity contribution >= 4 is 39.1 Å². The van der Waals surface area contributed by atoms with Crippen LogP contribution in [0.15, 0.2) is 53.4 Å². The molecule has 0 spiro atoms. The number of halogens is 1. The molecule has 1 heterocycles. The van der Waals surface area contributed by atoms with Crippen molar-refractivity contribution in [2.45, 2.75) is 37.6 Å². The van der Waals surface area contributed by atoms with Gasteiger partial charge in [-0.05, 0) is 49.2 Å². The number of carbonyl (C=O) groups is 2. The third kappa shape index (κ3) is 5.77. The van der Waals surface area contributed by atoms with E-state index in [1.807, 2.05) is 18.7 Å². The number of hydrogen-bond acceptors (Lipinski definition) is 4. The minimum absolute atomic E-state index is 0.0494. The number of sulfonamides is 1. The summed E-state index contributed by atoms with van der Waals surface area (Å²) in [6, 6.07) is 12.2. The summed E-state index contributed by atoms with van der Waals surface area (Å²) in [6.07, 6.45) is 1.31. The number of likely N-dealkylation sites (tertiary alicyclic amines) is 1. The number of piperidine rings is 1. The van der Waals surface area contributed by atoms with Gasteiger partial charge in [0.15, 0.2) is 0 Å². The summed E-state index contributed by atoms with van der Waals surface area (Å²) in [5.41, 5.74) is 0.433. The Morgan fingerprint density at radius 3 is 2.26 bits per heavy atom. The lowest BCUT2D eigenvalue weighted by atomic mass is 10.0. The zero-order valence-corrected chi connectivity index (χ0v) is 19.0. The van der Waals surface area contributed by atoms with Gasteiger partial charge >= 0.3 is 0 Å². The van der Waals surface area contributed by atoms with Crippen LogP contribution >= 0.6 is 11.6 Å². The van der Waals surface area contributed by atoms with Crippen LogP contribution in [0, 0.1) is 5.92 Å². The summed E-state index contributed by atoms with van der Waals surface area (Å²) in [5, 5.41) is 3.40. The van der Waals surface area contributed by atoms with Crippen molar-refractivity contribution in [3.63, 3.8) is 0 Å². The van der Waals surface area contributed by atoms with Gasteiger partial charge in [0.25, 0.3) is 15.9 Å². The van der Waals surface area contributed by atoms with Crippen LogP contribution in [0.25, 0.3) is 0 Å². The SMILES string of the molecule is CC(C)C(=O)N1CCC(NC(=O)c2ccccc2NS(=O)(=O)c2ccc(Cl)cc2)CC1. The van der Waals surface area contributed by atoms with Gasteiger partial charge in [-0.2, -0.15) is 0 Å². The van der Waals surface area contributed by atoms with E-state index in [1.54, 1.807) is 24.3 Å². The van der Waals surface area contributed by atoms with E-state index in [2.05, 4.69) is 10.0 Å². The highest BCUT2D eigenvalue weighted by atomic mass is 35.5. The summed E-state index contributed by atoms with van der Waals surface area (Å²) >= 11 is 5.83. The normalized spacial score (nSPS) is 15.0. The smallest absolute Gasteiger partial charge is 0.261 e. The number of carbonyl (C=O) groups excluding carboxylic acids is 2. The van der Waals surface area contributed by atoms with Crippen LogP contribution in [-0.2, 0) is 14.8 Å². The molecule has 7 nitrogen and oxygen atoms in total. The molecule has 0 radical (unpaired) electrons. The zero-order valence-electron chi connectivity index (χ0n) is 17.5. The van der Waals surface area contributed by atoms with E-state index < -0.39 is 10.0 Å². The van der Waals surface area contributed by atoms with Crippen LogP contribution in [0.4, 0.5) is 5.69 Å². The summed E-state index contributed by atoms with van der Waals surface area (Å²) in [5.74, 6) is -0.290. The Morgan fingerprint density at radius 2 is 1.65 bits per heavy atom. The third-order valence-corrected chi connectivity index (χ3v) is 6.81. The van der Waals surface area contributed by atoms with E-state index in [0.29, 0.717) is 31.0 Å². The minimum Gasteiger partial charge on any atom is -0.349 e. The summed E-state index contributed by atoms with van der Waals surface area (Å²) in [7, 11) is -3.88. The van der Waals surface area contributed by atoms with Gasteiger partial charge in [0.2, 0.25) is 5.91 Å². The van der Waals surface area contributed by atoms with Crippen LogP contribution in [0.1, 0.15) is 37.0 Å². The fourth-order valence-electron chi connectivity index (χ4n) is 3.46. The standard InChI is InChI=1S/C22H26ClN3O4S/c1-15(2)22(28)26-13-11-17(12-14-26)24-21(27)19-5-3-4-6-20(19)25-31(29,30)18-9-7-16(23)8-10-18/h3-10,15,17,25H,11-14H2,1-2H3,(H,24,27). The average molecular weight is 464 g/mol. The highest BCUT2D eigenvalue weighted by Crippen LogP contribution is 2.22. The second-order valence-corrected chi connectivity index (χ2v) is 9.95. The highest BCUT2D eigenvalue weighted by molar-refractivity contribution is 7.92. The molecule has 1 saturated heterocycles. The van der Waals surface area contributed by atoms with E-state index >= 15 is 0 Å². The highest BCUT2D eigenvalue weighted by Gasteiger charge is 2.26. The van der Waals surface area contributed by atoms with Crippen LogP contribution < -0.4 is 10.0 Å². The fourth-order valence-corrected chi connectivity index (χ4v) is 4.67. The van der Waals surface area contributed by atoms with Gasteiger partial charge in [-0.1, -0.05) is 37.6 Å². The van der Waals surface area contributed by atoms with Gasteiger partial charge in [0.05, 0.1) is 16.1 Å². The van der Waals surface area contributed by atoms with Gasteiger partial charge in [-0.3, -0.25) is 14.3 Å². The van der Waals surface area contributed by atoms with Crippen molar-refractivity contribution in [1.82, 2.24) is 10.2 Å². The monoisotopic (exact) mass is 463 g/mol. The topological polar surface area (TPSA) is 95.6 Å². The molecule has 1 fully saturated rings. The Kier molecular flexibility index (Phi) is 7.23. The zero-order chi connectivity index (χ0) is 22.6. The van der Waals surface area contributed by atoms with Gasteiger partial charge < -0.3 is 10.2 Å². The second-order valence-electron chi connectivity index (χ2n) is 7.83. The first-order valence-corrected chi connectivity index (χ1v) is 12.0. The third-order valence-electron chi connectivity index (χ3n) is 5.18. The Morgan fingerprint density at radius 1 is 1.03 bits per heavy atom. The molecule has 2 aromatic carbocycles. The van der Waals surface area contributed by atoms with Crippen LogP contribution in [-0.4, -0.2) is 44.3 Å². The maximum absolute atomic E-state index is 12.9. The van der Waals surface area contributed by atoms with E-state index in [0.717, 1.165) is 0 Å². The number of rotatable bonds is 6. The molecule has 1 aliphatic heterocycles. The lowest BCUT2D eigenvalue weighted by molar-refractivity contribution is -0.135. The van der Waals surface area contributed by atoms with E-state index in [-0.39, 0.29) is 39.9 Å². The average Bonchev–Trinajstić information content (AvgIpc) is 2.74. The van der Waals surface area contributed by atoms with Gasteiger partial charge in [-0.25, -0.2) is 8.42 Å². The van der Waals surface area contributed by atoms with Crippen molar-refractivity contribution in [3.8, 4) is 0 Å². The predicted octanol–water partition coefficient (Wildman–Crippen LogP) is 3.52. The Bertz CT molecular complexity index is 1050. The lowest BCUT2D eigenvalue weighted by Gasteiger charge is -2.33. The number of amides is 2. The lowest BCUT2D eigenvalue weighted by Crippen LogP contribution is -2.47. The summed E-state index contributed by atoms with van der Waals surface area (Å²) in [4.78, 5) is 26.9. The minimum atomic E-state index is -3.88. The molecule has 0 saturated carbocycles. The van der Waals surface area contributed by atoms with Crippen molar-refractivity contribution in [1.29, 1.82) is 0 Å². The van der Waals surface area contributed by atoms with Crippen molar-refractivity contribution in [2.75, 3.05) is 17.8 Å². The van der Waals surface area contributed by atoms with Gasteiger partial charge in [-0.15, -0.1) is 0 Å². The molecule has 2 aromatic rings. The van der Waals surface area contributed by atoms with Crippen LogP contribution in [0.2, 0.25) is 5.02 Å². The number of hydrogen-bond donors (Lipinski definition) is 2. The molecule has 2 N–H and O–H groups in total. The van der Waals surface area contributed by atoms with Crippen molar-refractivity contribution in [3.05, 3.63) is 59.1 Å². The largest absolute Gasteiger partial charge is 0.349 e. The number of para-hydroxylation sites is 1. The molecule has 0 aromatic heterocycles. The van der Waals surface area contributed by atoms with Crippen molar-refractivity contribution < 1.29 is 18.0 Å². The first-order chi connectivity index (χ1) is 14.7. The number of nitrogens with zero attached hydrogens (tertiary/aromatic N) is 1. The van der Waals surface area contributed by atoms with Crippen LogP contribution in [0.5, 0.6) is 0 Å². The van der Waals surface area contributed by atoms with E-state index in [4.69, 9.17) is 11.6 Å². The summed E-state index contributed by atoms with van der Waals surface area (Å²) < 4.78 is 27.9. The molecule has 166 valence electrons. The van der Waals surface area contributed by atoms with Gasteiger partial charge in [0.1, 0.15) is 0 Å². The summed E-state index contributed by atoms with van der Waals surface area (Å²) in [6.45, 7) is 4.93. The molecule has 3 rings (SSSR count). The maximum Gasteiger partial charge on any atom is 0.261 e. The molecule has 0 bridgehead atoms. The Hall–Kier alpha value is -2.58. The molecule has 9 heteroatoms. The van der Waals surface area contributed by atoms with Gasteiger partial charge in [0, 0.05) is 30.1 Å². The van der Waals surface area contributed by atoms with Crippen molar-refractivity contribution in [2.24, 2.45) is 5.92 Å². The maximum atomic E-state index is 12.9. The molecule has 0 atom stereocenters. The molecule has 1 aliphatic rings. The number of benzene rings is 2. The molecule has 2 amide bonds. The van der Waals surface area contributed by atoms with E-state index in [9.17, 15) is 18.0 Å². The predicted molar refractivity (Wildman–Crippen MR) is 121 cm³/mol. The molecule has 31 heavy (non-hydrogen) atoms.